The molecule has 2 aromatic rings. The maximum atomic E-state index is 13.7. The Kier molecular flexibility index (Phi) is 7.15. The highest BCUT2D eigenvalue weighted by atomic mass is 19.1. The zero-order valence-corrected chi connectivity index (χ0v) is 18.0. The van der Waals surface area contributed by atoms with Gasteiger partial charge in [0, 0.05) is 25.7 Å². The van der Waals surface area contributed by atoms with Gasteiger partial charge < -0.3 is 20.1 Å². The number of nitrogens with one attached hydrogen (secondary N) is 2. The van der Waals surface area contributed by atoms with E-state index in [1.807, 2.05) is 32.0 Å². The van der Waals surface area contributed by atoms with E-state index in [4.69, 9.17) is 9.47 Å². The number of ether oxygens (including phenoxy) is 2. The van der Waals surface area contributed by atoms with Crippen molar-refractivity contribution in [2.45, 2.75) is 38.9 Å². The Hall–Kier alpha value is -2.80. The lowest BCUT2D eigenvalue weighted by Crippen LogP contribution is -2.49. The minimum atomic E-state index is -0.249. The fraction of sp³-hybridized carbons (Fsp3) is 0.435. The Morgan fingerprint density at radius 2 is 1.97 bits per heavy atom. The zero-order valence-electron chi connectivity index (χ0n) is 18.0. The molecule has 0 saturated carbocycles. The first-order valence-electron chi connectivity index (χ1n) is 10.2. The number of nitrogens with zero attached hydrogens (tertiary/aromatic N) is 1. The molecule has 0 unspecified atom stereocenters. The van der Waals surface area contributed by atoms with E-state index in [9.17, 15) is 9.18 Å². The van der Waals surface area contributed by atoms with Crippen LogP contribution in [0, 0.1) is 5.82 Å². The highest BCUT2D eigenvalue weighted by Crippen LogP contribution is 2.40. The molecule has 2 amide bonds. The van der Waals surface area contributed by atoms with E-state index in [2.05, 4.69) is 15.5 Å². The van der Waals surface area contributed by atoms with Crippen molar-refractivity contribution in [1.82, 2.24) is 15.5 Å². The second kappa shape index (κ2) is 9.80. The largest absolute Gasteiger partial charge is 0.493 e. The third-order valence-electron chi connectivity index (χ3n) is 5.47. The highest BCUT2D eigenvalue weighted by molar-refractivity contribution is 5.74. The van der Waals surface area contributed by atoms with Gasteiger partial charge in [-0.2, -0.15) is 0 Å². The number of carbonyl (C=O) groups excluding carboxylic acids is 1. The van der Waals surface area contributed by atoms with Gasteiger partial charge in [0.05, 0.1) is 20.3 Å². The first-order valence-corrected chi connectivity index (χ1v) is 10.2. The van der Waals surface area contributed by atoms with Crippen LogP contribution in [0.25, 0.3) is 0 Å². The molecule has 0 fully saturated rings. The number of rotatable bonds is 7. The van der Waals surface area contributed by atoms with E-state index in [1.165, 1.54) is 6.07 Å². The highest BCUT2D eigenvalue weighted by Gasteiger charge is 2.33. The molecular formula is C23H30FN3O3. The molecule has 162 valence electrons. The van der Waals surface area contributed by atoms with Crippen LogP contribution in [-0.2, 0) is 13.0 Å². The smallest absolute Gasteiger partial charge is 0.315 e. The third kappa shape index (κ3) is 4.84. The molecule has 0 spiro atoms. The molecular weight excluding hydrogens is 385 g/mol. The lowest BCUT2D eigenvalue weighted by molar-refractivity contribution is 0.143. The maximum absolute atomic E-state index is 13.7. The lowest BCUT2D eigenvalue weighted by atomic mass is 9.87. The third-order valence-corrected chi connectivity index (χ3v) is 5.47. The summed E-state index contributed by atoms with van der Waals surface area (Å²) in [7, 11) is 3.24. The fourth-order valence-corrected chi connectivity index (χ4v) is 4.16. The topological polar surface area (TPSA) is 62.8 Å². The van der Waals surface area contributed by atoms with Crippen molar-refractivity contribution in [2.75, 3.05) is 27.3 Å². The summed E-state index contributed by atoms with van der Waals surface area (Å²) in [5.41, 5.74) is 3.14. The first kappa shape index (κ1) is 21.9. The van der Waals surface area contributed by atoms with Crippen LogP contribution < -0.4 is 20.1 Å². The van der Waals surface area contributed by atoms with Crippen LogP contribution in [0.5, 0.6) is 11.5 Å². The van der Waals surface area contributed by atoms with Gasteiger partial charge in [-0.05, 0) is 61.2 Å². The second-order valence-electron chi connectivity index (χ2n) is 7.49. The van der Waals surface area contributed by atoms with Crippen LogP contribution in [0.3, 0.4) is 0 Å². The van der Waals surface area contributed by atoms with Gasteiger partial charge in [-0.15, -0.1) is 0 Å². The average Bonchev–Trinajstić information content (AvgIpc) is 2.72. The van der Waals surface area contributed by atoms with Crippen molar-refractivity contribution < 1.29 is 18.7 Å². The molecule has 2 aromatic carbocycles. The van der Waals surface area contributed by atoms with Crippen molar-refractivity contribution in [1.29, 1.82) is 0 Å². The van der Waals surface area contributed by atoms with E-state index < -0.39 is 0 Å². The van der Waals surface area contributed by atoms with E-state index >= 15 is 0 Å². The van der Waals surface area contributed by atoms with Crippen LogP contribution in [-0.4, -0.2) is 44.3 Å². The number of amides is 2. The van der Waals surface area contributed by atoms with Gasteiger partial charge in [0.15, 0.2) is 11.5 Å². The quantitative estimate of drug-likeness (QED) is 0.725. The summed E-state index contributed by atoms with van der Waals surface area (Å²) in [5.74, 6) is 1.10. The monoisotopic (exact) mass is 415 g/mol. The predicted octanol–water partition coefficient (Wildman–Crippen LogP) is 3.65. The number of halogens is 1. The van der Waals surface area contributed by atoms with E-state index in [0.29, 0.717) is 24.6 Å². The summed E-state index contributed by atoms with van der Waals surface area (Å²) in [4.78, 5) is 14.5. The predicted molar refractivity (Wildman–Crippen MR) is 114 cm³/mol. The van der Waals surface area contributed by atoms with Crippen LogP contribution in [0.2, 0.25) is 0 Å². The van der Waals surface area contributed by atoms with E-state index in [0.717, 1.165) is 29.7 Å². The van der Waals surface area contributed by atoms with Gasteiger partial charge in [-0.3, -0.25) is 4.90 Å². The minimum absolute atomic E-state index is 0.0978. The Morgan fingerprint density at radius 1 is 1.23 bits per heavy atom. The second-order valence-corrected chi connectivity index (χ2v) is 7.49. The van der Waals surface area contributed by atoms with Crippen LogP contribution in [0.15, 0.2) is 36.4 Å². The van der Waals surface area contributed by atoms with Crippen molar-refractivity contribution in [3.05, 3.63) is 58.9 Å². The summed E-state index contributed by atoms with van der Waals surface area (Å²) in [6, 6.07) is 10.2. The summed E-state index contributed by atoms with van der Waals surface area (Å²) < 4.78 is 24.7. The summed E-state index contributed by atoms with van der Waals surface area (Å²) in [5, 5.41) is 5.84. The number of hydrogen-bond acceptors (Lipinski definition) is 4. The fourth-order valence-electron chi connectivity index (χ4n) is 4.16. The Balaban J connectivity index is 1.97. The van der Waals surface area contributed by atoms with Gasteiger partial charge in [-0.25, -0.2) is 9.18 Å². The maximum Gasteiger partial charge on any atom is 0.315 e. The van der Waals surface area contributed by atoms with Gasteiger partial charge in [0.25, 0.3) is 0 Å². The minimum Gasteiger partial charge on any atom is -0.493 e. The molecule has 2 atom stereocenters. The molecule has 6 nitrogen and oxygen atoms in total. The van der Waals surface area contributed by atoms with E-state index in [1.54, 1.807) is 26.4 Å². The number of urea groups is 1. The molecule has 1 aliphatic rings. The average molecular weight is 416 g/mol. The van der Waals surface area contributed by atoms with Crippen molar-refractivity contribution in [2.24, 2.45) is 0 Å². The van der Waals surface area contributed by atoms with Crippen LogP contribution in [0.1, 0.15) is 36.6 Å². The summed E-state index contributed by atoms with van der Waals surface area (Å²) in [6.07, 6.45) is 0.829. The summed E-state index contributed by atoms with van der Waals surface area (Å²) >= 11 is 0. The molecule has 0 saturated heterocycles. The lowest BCUT2D eigenvalue weighted by Gasteiger charge is -2.41. The van der Waals surface area contributed by atoms with Crippen LogP contribution in [0.4, 0.5) is 9.18 Å². The van der Waals surface area contributed by atoms with Gasteiger partial charge in [-0.1, -0.05) is 12.1 Å². The molecule has 2 N–H and O–H groups in total. The van der Waals surface area contributed by atoms with Gasteiger partial charge >= 0.3 is 6.03 Å². The SMILES string of the molecule is CCNC(=O)N[C@H](C)[C@@H]1c2cc(OC)c(OC)cc2CCN1Cc1cccc(F)c1. The number of fused-ring (bicyclic) bond motifs is 1. The molecule has 1 heterocycles. The molecule has 1 aliphatic heterocycles. The Morgan fingerprint density at radius 3 is 2.63 bits per heavy atom. The molecule has 30 heavy (non-hydrogen) atoms. The summed E-state index contributed by atoms with van der Waals surface area (Å²) in [6.45, 7) is 5.79. The molecule has 0 aromatic heterocycles. The number of hydrogen-bond donors (Lipinski definition) is 2. The zero-order chi connectivity index (χ0) is 21.7. The number of methoxy groups -OCH3 is 2. The number of carbonyl (C=O) groups is 1. The molecule has 0 radical (unpaired) electrons. The Bertz CT molecular complexity index is 890. The number of benzene rings is 2. The van der Waals surface area contributed by atoms with Gasteiger partial charge in [0.1, 0.15) is 5.82 Å². The first-order chi connectivity index (χ1) is 14.5. The Labute approximate surface area is 177 Å². The van der Waals surface area contributed by atoms with Crippen molar-refractivity contribution in [3.8, 4) is 11.5 Å². The molecule has 0 bridgehead atoms. The standard InChI is InChI=1S/C23H30FN3O3/c1-5-25-23(28)26-15(2)22-19-13-21(30-4)20(29-3)12-17(19)9-10-27(22)14-16-7-6-8-18(24)11-16/h6-8,11-13,15,22H,5,9-10,14H2,1-4H3,(H2,25,26,28)/t15-,22-/m1/s1. The van der Waals surface area contributed by atoms with E-state index in [-0.39, 0.29) is 23.9 Å². The normalized spacial score (nSPS) is 17.0. The molecule has 3 rings (SSSR count). The van der Waals surface area contributed by atoms with Crippen molar-refractivity contribution >= 4 is 6.03 Å². The molecule has 0 aliphatic carbocycles. The van der Waals surface area contributed by atoms with Gasteiger partial charge in [0.2, 0.25) is 0 Å². The molecule has 7 heteroatoms. The van der Waals surface area contributed by atoms with Crippen molar-refractivity contribution in [3.63, 3.8) is 0 Å². The van der Waals surface area contributed by atoms with Crippen LogP contribution >= 0.6 is 0 Å².